The fraction of sp³-hybridized carbons (Fsp3) is 0.105. The van der Waals surface area contributed by atoms with Crippen molar-refractivity contribution >= 4 is 28.7 Å². The molecule has 0 atom stereocenters. The van der Waals surface area contributed by atoms with E-state index in [4.69, 9.17) is 12.2 Å². The van der Waals surface area contributed by atoms with Crippen LogP contribution in [0.25, 0.3) is 0 Å². The van der Waals surface area contributed by atoms with Crippen LogP contribution in [0, 0.1) is 10.1 Å². The summed E-state index contributed by atoms with van der Waals surface area (Å²) in [7, 11) is 0. The number of benzene rings is 1. The largest absolute Gasteiger partial charge is 0.337 e. The number of aromatic nitrogens is 2. The van der Waals surface area contributed by atoms with E-state index in [0.717, 1.165) is 11.4 Å². The first-order valence-electron chi connectivity index (χ1n) is 8.22. The first-order chi connectivity index (χ1) is 13.1. The van der Waals surface area contributed by atoms with Crippen molar-refractivity contribution in [1.29, 1.82) is 0 Å². The lowest BCUT2D eigenvalue weighted by molar-refractivity contribution is -0.384. The summed E-state index contributed by atoms with van der Waals surface area (Å²) < 4.78 is 0. The van der Waals surface area contributed by atoms with Gasteiger partial charge in [0.25, 0.3) is 5.69 Å². The predicted molar refractivity (Wildman–Crippen MR) is 107 cm³/mol. The Morgan fingerprint density at radius 1 is 0.963 bits per heavy atom. The summed E-state index contributed by atoms with van der Waals surface area (Å²) >= 11 is 5.57. The van der Waals surface area contributed by atoms with Gasteiger partial charge in [-0.25, -0.2) is 0 Å². The van der Waals surface area contributed by atoms with Crippen molar-refractivity contribution < 1.29 is 4.92 Å². The molecule has 7 nitrogen and oxygen atoms in total. The molecular formula is C19H17N5O2S. The molecule has 1 aromatic carbocycles. The maximum atomic E-state index is 10.8. The van der Waals surface area contributed by atoms with Crippen molar-refractivity contribution in [3.63, 3.8) is 0 Å². The molecule has 27 heavy (non-hydrogen) atoms. The zero-order valence-corrected chi connectivity index (χ0v) is 15.2. The molecule has 0 aliphatic rings. The van der Waals surface area contributed by atoms with E-state index >= 15 is 0 Å². The van der Waals surface area contributed by atoms with E-state index in [9.17, 15) is 10.1 Å². The molecule has 0 bridgehead atoms. The van der Waals surface area contributed by atoms with E-state index < -0.39 is 4.92 Å². The molecule has 3 rings (SSSR count). The summed E-state index contributed by atoms with van der Waals surface area (Å²) in [5, 5.41) is 14.4. The summed E-state index contributed by atoms with van der Waals surface area (Å²) in [6.07, 6.45) is 3.47. The molecule has 0 aliphatic carbocycles. The molecule has 3 aromatic rings. The second kappa shape index (κ2) is 8.81. The highest BCUT2D eigenvalue weighted by atomic mass is 32.1. The van der Waals surface area contributed by atoms with Crippen LogP contribution in [0.3, 0.4) is 0 Å². The monoisotopic (exact) mass is 379 g/mol. The number of nitrogens with zero attached hydrogens (tertiary/aromatic N) is 4. The molecular weight excluding hydrogens is 362 g/mol. The molecule has 0 aliphatic heterocycles. The quantitative estimate of drug-likeness (QED) is 0.396. The number of thiocarbonyl (C=S) groups is 1. The highest BCUT2D eigenvalue weighted by molar-refractivity contribution is 7.80. The van der Waals surface area contributed by atoms with Crippen molar-refractivity contribution in [2.45, 2.75) is 13.1 Å². The topological polar surface area (TPSA) is 84.2 Å². The Morgan fingerprint density at radius 2 is 1.52 bits per heavy atom. The van der Waals surface area contributed by atoms with E-state index in [1.165, 1.54) is 12.1 Å². The van der Waals surface area contributed by atoms with Gasteiger partial charge in [-0.1, -0.05) is 12.1 Å². The van der Waals surface area contributed by atoms with Crippen LogP contribution < -0.4 is 5.32 Å². The van der Waals surface area contributed by atoms with Crippen molar-refractivity contribution in [3.8, 4) is 0 Å². The second-order valence-electron chi connectivity index (χ2n) is 5.73. The average molecular weight is 379 g/mol. The van der Waals surface area contributed by atoms with Crippen molar-refractivity contribution in [1.82, 2.24) is 14.9 Å². The van der Waals surface area contributed by atoms with Gasteiger partial charge in [0, 0.05) is 30.2 Å². The highest BCUT2D eigenvalue weighted by Gasteiger charge is 2.13. The fourth-order valence-corrected chi connectivity index (χ4v) is 2.69. The van der Waals surface area contributed by atoms with Gasteiger partial charge >= 0.3 is 0 Å². The van der Waals surface area contributed by atoms with Gasteiger partial charge < -0.3 is 10.2 Å². The molecule has 2 aromatic heterocycles. The van der Waals surface area contributed by atoms with Crippen molar-refractivity contribution in [2.75, 3.05) is 5.32 Å². The average Bonchev–Trinajstić information content (AvgIpc) is 2.69. The van der Waals surface area contributed by atoms with Gasteiger partial charge in [0.2, 0.25) is 0 Å². The molecule has 0 amide bonds. The van der Waals surface area contributed by atoms with Gasteiger partial charge in [-0.3, -0.25) is 20.1 Å². The first-order valence-corrected chi connectivity index (χ1v) is 8.63. The molecule has 2 heterocycles. The van der Waals surface area contributed by atoms with Crippen LogP contribution in [0.1, 0.15) is 11.4 Å². The van der Waals surface area contributed by atoms with Gasteiger partial charge in [0.05, 0.1) is 29.4 Å². The number of nitrogens with one attached hydrogen (secondary N) is 1. The number of anilines is 1. The molecule has 1 N–H and O–H groups in total. The second-order valence-corrected chi connectivity index (χ2v) is 6.12. The van der Waals surface area contributed by atoms with Crippen LogP contribution in [0.4, 0.5) is 11.4 Å². The lowest BCUT2D eigenvalue weighted by Crippen LogP contribution is -2.34. The van der Waals surface area contributed by atoms with E-state index in [0.29, 0.717) is 23.9 Å². The Bertz CT molecular complexity index is 863. The number of pyridine rings is 2. The van der Waals surface area contributed by atoms with E-state index in [1.807, 2.05) is 41.3 Å². The van der Waals surface area contributed by atoms with Crippen molar-refractivity contribution in [2.24, 2.45) is 0 Å². The summed E-state index contributed by atoms with van der Waals surface area (Å²) in [6, 6.07) is 17.6. The summed E-state index contributed by atoms with van der Waals surface area (Å²) in [5.41, 5.74) is 2.46. The van der Waals surface area contributed by atoms with Gasteiger partial charge in [0.15, 0.2) is 5.11 Å². The Hall–Kier alpha value is -3.39. The molecule has 0 saturated carbocycles. The Morgan fingerprint density at radius 3 is 1.96 bits per heavy atom. The fourth-order valence-electron chi connectivity index (χ4n) is 2.44. The number of rotatable bonds is 6. The van der Waals surface area contributed by atoms with Crippen LogP contribution in [-0.4, -0.2) is 24.9 Å². The lowest BCUT2D eigenvalue weighted by atomic mass is 10.2. The zero-order valence-electron chi connectivity index (χ0n) is 14.4. The highest BCUT2D eigenvalue weighted by Crippen LogP contribution is 2.17. The molecule has 0 fully saturated rings. The molecule has 0 saturated heterocycles. The Kier molecular flexibility index (Phi) is 6.01. The standard InChI is InChI=1S/C19H17N5O2S/c25-24(26)18-9-7-15(8-10-18)22-19(27)23(13-16-5-1-3-11-20-16)14-17-6-2-4-12-21-17/h1-12H,13-14H2,(H,22,27). The van der Waals surface area contributed by atoms with Crippen LogP contribution in [0.15, 0.2) is 73.1 Å². The summed E-state index contributed by atoms with van der Waals surface area (Å²) in [4.78, 5) is 21.0. The Balaban J connectivity index is 1.76. The van der Waals surface area contributed by atoms with Crippen LogP contribution in [0.5, 0.6) is 0 Å². The van der Waals surface area contributed by atoms with Crippen LogP contribution in [-0.2, 0) is 13.1 Å². The number of nitro groups is 1. The Labute approximate surface area is 161 Å². The number of nitro benzene ring substituents is 1. The van der Waals surface area contributed by atoms with E-state index in [1.54, 1.807) is 24.5 Å². The first kappa shape index (κ1) is 18.4. The third-order valence-electron chi connectivity index (χ3n) is 3.77. The predicted octanol–water partition coefficient (Wildman–Crippen LogP) is 3.78. The molecule has 0 unspecified atom stereocenters. The van der Waals surface area contributed by atoms with Crippen LogP contribution >= 0.6 is 12.2 Å². The minimum absolute atomic E-state index is 0.0327. The van der Waals surface area contributed by atoms with E-state index in [-0.39, 0.29) is 5.69 Å². The van der Waals surface area contributed by atoms with Gasteiger partial charge in [-0.05, 0) is 48.6 Å². The summed E-state index contributed by atoms with van der Waals surface area (Å²) in [5.74, 6) is 0. The van der Waals surface area contributed by atoms with Gasteiger partial charge in [-0.2, -0.15) is 0 Å². The number of hydrogen-bond donors (Lipinski definition) is 1. The minimum atomic E-state index is -0.434. The third kappa shape index (κ3) is 5.29. The van der Waals surface area contributed by atoms with E-state index in [2.05, 4.69) is 15.3 Å². The van der Waals surface area contributed by atoms with Crippen LogP contribution in [0.2, 0.25) is 0 Å². The van der Waals surface area contributed by atoms with Gasteiger partial charge in [0.1, 0.15) is 0 Å². The molecule has 0 radical (unpaired) electrons. The normalized spacial score (nSPS) is 10.2. The third-order valence-corrected chi connectivity index (χ3v) is 4.13. The van der Waals surface area contributed by atoms with Crippen molar-refractivity contribution in [3.05, 3.63) is 94.6 Å². The maximum absolute atomic E-state index is 10.8. The summed E-state index contributed by atoms with van der Waals surface area (Å²) in [6.45, 7) is 1.02. The minimum Gasteiger partial charge on any atom is -0.337 e. The van der Waals surface area contributed by atoms with Gasteiger partial charge in [-0.15, -0.1) is 0 Å². The lowest BCUT2D eigenvalue weighted by Gasteiger charge is -2.25. The molecule has 136 valence electrons. The SMILES string of the molecule is O=[N+]([O-])c1ccc(NC(=S)N(Cc2ccccn2)Cc2ccccn2)cc1. The number of non-ortho nitro benzene ring substituents is 1. The molecule has 0 spiro atoms. The molecule has 8 heteroatoms. The maximum Gasteiger partial charge on any atom is 0.269 e. The zero-order chi connectivity index (χ0) is 19.1. The number of hydrogen-bond acceptors (Lipinski definition) is 5. The smallest absolute Gasteiger partial charge is 0.269 e.